The fourth-order valence-electron chi connectivity index (χ4n) is 11.1. The summed E-state index contributed by atoms with van der Waals surface area (Å²) in [5, 5.41) is 10.00. The normalized spacial score (nSPS) is 17.6. The average Bonchev–Trinajstić information content (AvgIpc) is 3.64. The number of nitrogens with zero attached hydrogens (tertiary/aromatic N) is 1. The van der Waals surface area contributed by atoms with Crippen LogP contribution in [0.5, 0.6) is 0 Å². The van der Waals surface area contributed by atoms with Crippen molar-refractivity contribution in [3.8, 4) is 33.4 Å². The van der Waals surface area contributed by atoms with Crippen LogP contribution >= 0.6 is 0 Å². The quantitative estimate of drug-likeness (QED) is 0.182. The Kier molecular flexibility index (Phi) is 8.32. The van der Waals surface area contributed by atoms with Crippen molar-refractivity contribution in [2.75, 3.05) is 0 Å². The zero-order valence-electron chi connectivity index (χ0n) is 34.8. The number of hydrogen-bond acceptors (Lipinski definition) is 3. The Morgan fingerprint density at radius 2 is 0.984 bits per heavy atom. The van der Waals surface area contributed by atoms with Gasteiger partial charge in [0.15, 0.2) is 0 Å². The minimum atomic E-state index is -0.462. The second-order valence-corrected chi connectivity index (χ2v) is 17.5. The minimum absolute atomic E-state index is 0.144. The molecule has 296 valence electrons. The van der Waals surface area contributed by atoms with Crippen LogP contribution in [0.4, 0.5) is 0 Å². The number of rotatable bonds is 5. The molecule has 9 aromatic carbocycles. The van der Waals surface area contributed by atoms with Gasteiger partial charge >= 0.3 is 0 Å². The lowest BCUT2D eigenvalue weighted by atomic mass is 9.55. The molecule has 2 atom stereocenters. The van der Waals surface area contributed by atoms with E-state index in [2.05, 4.69) is 231 Å². The summed E-state index contributed by atoms with van der Waals surface area (Å²) >= 11 is 0. The maximum absolute atomic E-state index is 5.14. The highest BCUT2D eigenvalue weighted by Crippen LogP contribution is 2.63. The number of aliphatic imine (C=N–C) groups is 1. The molecule has 62 heavy (non-hydrogen) atoms. The maximum Gasteiger partial charge on any atom is 0.131 e. The molecule has 0 radical (unpaired) electrons. The molecular formula is C59H45N3. The molecule has 0 fully saturated rings. The van der Waals surface area contributed by atoms with Gasteiger partial charge in [-0.2, -0.15) is 0 Å². The van der Waals surface area contributed by atoms with Crippen molar-refractivity contribution in [3.05, 3.63) is 262 Å². The third-order valence-corrected chi connectivity index (χ3v) is 13.9. The summed E-state index contributed by atoms with van der Waals surface area (Å²) in [6.07, 6.45) is -0.334. The predicted octanol–water partition coefficient (Wildman–Crippen LogP) is 13.5. The second kappa shape index (κ2) is 14.1. The van der Waals surface area contributed by atoms with E-state index >= 15 is 0 Å². The highest BCUT2D eigenvalue weighted by Gasteiger charge is 2.53. The predicted molar refractivity (Wildman–Crippen MR) is 255 cm³/mol. The Hall–Kier alpha value is -7.33. The SMILES string of the molecule is CC1(C)c2ccccc2C2(c3ccccc3-c3c(-c4c(-c5ccc(C6NC(c7ccccc7)=NC(c7ccccc7)N6)cc5)ccc5ccccc45)cccc32)c2ccccc21. The molecule has 1 heterocycles. The molecule has 2 N–H and O–H groups in total. The lowest BCUT2D eigenvalue weighted by Crippen LogP contribution is -2.44. The Morgan fingerprint density at radius 3 is 1.71 bits per heavy atom. The Balaban J connectivity index is 1.03. The molecule has 0 saturated carbocycles. The molecule has 9 aromatic rings. The van der Waals surface area contributed by atoms with E-state index in [1.165, 1.54) is 77.5 Å². The molecule has 3 aliphatic rings. The van der Waals surface area contributed by atoms with Gasteiger partial charge in [0, 0.05) is 11.0 Å². The standard InChI is InChI=1S/C59H45N3/c1-58(2)48-27-13-15-29-50(48)59(51-30-16-14-28-49(51)58)47-26-12-11-24-45(47)54-46(25-17-31-52(54)59)53-43-23-10-9-18-38(43)36-37-44(53)39-32-34-42(35-33-39)57-61-55(40-19-5-3-6-20-40)60-56(62-57)41-21-7-4-8-22-41/h3-37,55,57,61H,1-2H3,(H,60,62). The molecule has 12 rings (SSSR count). The molecule has 0 bridgehead atoms. The van der Waals surface area contributed by atoms with Gasteiger partial charge in [0.05, 0.1) is 5.41 Å². The first kappa shape index (κ1) is 36.5. The highest BCUT2D eigenvalue weighted by molar-refractivity contribution is 6.09. The van der Waals surface area contributed by atoms with Crippen molar-refractivity contribution in [1.29, 1.82) is 0 Å². The molecule has 0 saturated heterocycles. The summed E-state index contributed by atoms with van der Waals surface area (Å²) in [4.78, 5) is 5.14. The molecule has 2 unspecified atom stereocenters. The number of hydrogen-bond donors (Lipinski definition) is 2. The van der Waals surface area contributed by atoms with Crippen LogP contribution in [-0.2, 0) is 10.8 Å². The summed E-state index contributed by atoms with van der Waals surface area (Å²) in [6, 6.07) is 78.2. The Bertz CT molecular complexity index is 3170. The van der Waals surface area contributed by atoms with Crippen LogP contribution < -0.4 is 10.6 Å². The van der Waals surface area contributed by atoms with Gasteiger partial charge in [0.1, 0.15) is 18.2 Å². The fourth-order valence-corrected chi connectivity index (χ4v) is 11.1. The van der Waals surface area contributed by atoms with E-state index in [1.807, 2.05) is 6.07 Å². The van der Waals surface area contributed by atoms with Crippen LogP contribution in [0, 0.1) is 0 Å². The zero-order valence-corrected chi connectivity index (χ0v) is 34.8. The lowest BCUT2D eigenvalue weighted by molar-refractivity contribution is 0.409. The van der Waals surface area contributed by atoms with Crippen molar-refractivity contribution in [2.45, 2.75) is 37.0 Å². The van der Waals surface area contributed by atoms with E-state index in [4.69, 9.17) is 4.99 Å². The Morgan fingerprint density at radius 1 is 0.403 bits per heavy atom. The molecular weight excluding hydrogens is 751 g/mol. The van der Waals surface area contributed by atoms with Gasteiger partial charge in [0.25, 0.3) is 0 Å². The van der Waals surface area contributed by atoms with E-state index in [0.29, 0.717) is 0 Å². The van der Waals surface area contributed by atoms with Crippen molar-refractivity contribution < 1.29 is 0 Å². The molecule has 0 amide bonds. The number of nitrogens with one attached hydrogen (secondary N) is 2. The minimum Gasteiger partial charge on any atom is -0.350 e. The van der Waals surface area contributed by atoms with Crippen molar-refractivity contribution in [3.63, 3.8) is 0 Å². The largest absolute Gasteiger partial charge is 0.350 e. The summed E-state index contributed by atoms with van der Waals surface area (Å²) in [5.41, 5.74) is 18.5. The van der Waals surface area contributed by atoms with Gasteiger partial charge in [-0.1, -0.05) is 226 Å². The van der Waals surface area contributed by atoms with Crippen LogP contribution in [-0.4, -0.2) is 5.84 Å². The van der Waals surface area contributed by atoms with Gasteiger partial charge in [-0.15, -0.1) is 0 Å². The van der Waals surface area contributed by atoms with Gasteiger partial charge in [-0.05, 0) is 88.7 Å². The summed E-state index contributed by atoms with van der Waals surface area (Å²) < 4.78 is 0. The van der Waals surface area contributed by atoms with Gasteiger partial charge in [-0.3, -0.25) is 5.32 Å². The topological polar surface area (TPSA) is 36.4 Å². The van der Waals surface area contributed by atoms with Crippen molar-refractivity contribution >= 4 is 16.6 Å². The first-order valence-corrected chi connectivity index (χ1v) is 21.8. The third-order valence-electron chi connectivity index (χ3n) is 13.9. The third kappa shape index (κ3) is 5.38. The highest BCUT2D eigenvalue weighted by atomic mass is 15.3. The van der Waals surface area contributed by atoms with Gasteiger partial charge in [0.2, 0.25) is 0 Å². The zero-order chi connectivity index (χ0) is 41.4. The van der Waals surface area contributed by atoms with Gasteiger partial charge < -0.3 is 5.32 Å². The number of benzene rings is 9. The van der Waals surface area contributed by atoms with E-state index in [9.17, 15) is 0 Å². The molecule has 1 aliphatic heterocycles. The average molecular weight is 796 g/mol. The summed E-state index contributed by atoms with van der Waals surface area (Å²) in [6.45, 7) is 4.78. The first-order chi connectivity index (χ1) is 30.5. The van der Waals surface area contributed by atoms with Crippen LogP contribution in [0.2, 0.25) is 0 Å². The summed E-state index contributed by atoms with van der Waals surface area (Å²) in [5.74, 6) is 0.881. The van der Waals surface area contributed by atoms with Gasteiger partial charge in [-0.25, -0.2) is 4.99 Å². The Labute approximate surface area is 363 Å². The number of fused-ring (bicyclic) bond motifs is 10. The van der Waals surface area contributed by atoms with E-state index in [1.54, 1.807) is 0 Å². The lowest BCUT2D eigenvalue weighted by Gasteiger charge is -2.46. The molecule has 3 nitrogen and oxygen atoms in total. The second-order valence-electron chi connectivity index (χ2n) is 17.5. The molecule has 1 spiro atoms. The first-order valence-electron chi connectivity index (χ1n) is 21.8. The number of amidine groups is 1. The van der Waals surface area contributed by atoms with E-state index < -0.39 is 5.41 Å². The van der Waals surface area contributed by atoms with Crippen LogP contribution in [0.25, 0.3) is 44.2 Å². The smallest absolute Gasteiger partial charge is 0.131 e. The summed E-state index contributed by atoms with van der Waals surface area (Å²) in [7, 11) is 0. The van der Waals surface area contributed by atoms with Crippen LogP contribution in [0.15, 0.2) is 217 Å². The fraction of sp³-hybridized carbons (Fsp3) is 0.102. The van der Waals surface area contributed by atoms with E-state index in [-0.39, 0.29) is 17.7 Å². The molecule has 0 aromatic heterocycles. The van der Waals surface area contributed by atoms with Crippen molar-refractivity contribution in [2.24, 2.45) is 4.99 Å². The molecule has 3 heteroatoms. The van der Waals surface area contributed by atoms with Crippen LogP contribution in [0.3, 0.4) is 0 Å². The van der Waals surface area contributed by atoms with Crippen LogP contribution in [0.1, 0.15) is 76.3 Å². The maximum atomic E-state index is 5.14. The molecule has 2 aliphatic carbocycles. The van der Waals surface area contributed by atoms with Crippen molar-refractivity contribution in [1.82, 2.24) is 10.6 Å². The van der Waals surface area contributed by atoms with E-state index in [0.717, 1.165) is 22.5 Å². The monoisotopic (exact) mass is 795 g/mol.